The van der Waals surface area contributed by atoms with Gasteiger partial charge in [-0.25, -0.2) is 0 Å². The molecule has 2 aromatic heterocycles. The highest BCUT2D eigenvalue weighted by molar-refractivity contribution is 8.02. The lowest BCUT2D eigenvalue weighted by Crippen LogP contribution is -2.17. The average Bonchev–Trinajstić information content (AvgIpc) is 3.25. The predicted octanol–water partition coefficient (Wildman–Crippen LogP) is 7.58. The molecule has 0 fully saturated rings. The highest BCUT2D eigenvalue weighted by Crippen LogP contribution is 2.31. The van der Waals surface area contributed by atoms with Crippen LogP contribution < -0.4 is 0 Å². The van der Waals surface area contributed by atoms with Crippen LogP contribution in [0.4, 0.5) is 0 Å². The Morgan fingerprint density at radius 1 is 0.667 bits per heavy atom. The third-order valence-electron chi connectivity index (χ3n) is 6.97. The number of aryl methyl sites for hydroxylation is 2. The van der Waals surface area contributed by atoms with Crippen molar-refractivity contribution < 1.29 is 10.2 Å². The lowest BCUT2D eigenvalue weighted by Gasteiger charge is -2.25. The van der Waals surface area contributed by atoms with Crippen molar-refractivity contribution in [3.8, 4) is 11.8 Å². The summed E-state index contributed by atoms with van der Waals surface area (Å²) in [4.78, 5) is 0. The Hall–Kier alpha value is -0.840. The van der Waals surface area contributed by atoms with Crippen molar-refractivity contribution in [1.29, 1.82) is 0 Å². The van der Waals surface area contributed by atoms with Gasteiger partial charge in [0.2, 0.25) is 11.8 Å². The molecule has 0 radical (unpaired) electrons. The highest BCUT2D eigenvalue weighted by Gasteiger charge is 2.20. The van der Waals surface area contributed by atoms with E-state index in [4.69, 9.17) is 24.4 Å². The van der Waals surface area contributed by atoms with Gasteiger partial charge >= 0.3 is 0 Å². The molecule has 6 nitrogen and oxygen atoms in total. The number of rotatable bonds is 17. The fraction of sp³-hybridized carbons (Fsp3) is 0.769. The quantitative estimate of drug-likeness (QED) is 0.150. The molecule has 36 heavy (non-hydrogen) atoms. The summed E-state index contributed by atoms with van der Waals surface area (Å²) in [5, 5.41) is 20.3. The Morgan fingerprint density at radius 2 is 1.03 bits per heavy atom. The summed E-state index contributed by atoms with van der Waals surface area (Å²) >= 11 is 15.0. The standard InChI is InChI=1S/C26H46N4O2S4/c1-7-27-19-21(31)29(23(27)33)13-9-25(3,4)11-15-35-17-18-36-16-12-26(5,6)10-14-30-22(32)20-28(8-2)24(30)34/h19-20,31-32H,7-18H2,1-6H3. The lowest BCUT2D eigenvalue weighted by molar-refractivity contribution is 0.293. The normalized spacial score (nSPS) is 12.5. The molecule has 0 bridgehead atoms. The zero-order valence-electron chi connectivity index (χ0n) is 23.0. The van der Waals surface area contributed by atoms with Gasteiger partial charge in [-0.15, -0.1) is 0 Å². The largest absolute Gasteiger partial charge is 0.493 e. The zero-order chi connectivity index (χ0) is 26.9. The third kappa shape index (κ3) is 9.48. The van der Waals surface area contributed by atoms with Gasteiger partial charge in [-0.2, -0.15) is 23.5 Å². The Morgan fingerprint density at radius 3 is 1.33 bits per heavy atom. The number of aromatic hydroxyl groups is 2. The molecule has 206 valence electrons. The van der Waals surface area contributed by atoms with Crippen molar-refractivity contribution >= 4 is 48.0 Å². The molecule has 0 aliphatic rings. The molecule has 2 N–H and O–H groups in total. The van der Waals surface area contributed by atoms with Gasteiger partial charge < -0.3 is 19.3 Å². The van der Waals surface area contributed by atoms with Crippen molar-refractivity contribution in [1.82, 2.24) is 18.3 Å². The summed E-state index contributed by atoms with van der Waals surface area (Å²) in [6.45, 7) is 16.4. The van der Waals surface area contributed by atoms with E-state index in [1.165, 1.54) is 11.5 Å². The van der Waals surface area contributed by atoms with Crippen molar-refractivity contribution in [2.75, 3.05) is 23.0 Å². The molecular formula is C26H46N4O2S4. The summed E-state index contributed by atoms with van der Waals surface area (Å²) in [6.07, 6.45) is 7.78. The molecule has 10 heteroatoms. The van der Waals surface area contributed by atoms with Crippen molar-refractivity contribution in [2.45, 2.75) is 93.4 Å². The van der Waals surface area contributed by atoms with Gasteiger partial charge in [0.25, 0.3) is 0 Å². The summed E-state index contributed by atoms with van der Waals surface area (Å²) < 4.78 is 8.94. The van der Waals surface area contributed by atoms with Gasteiger partial charge in [0.1, 0.15) is 0 Å². The van der Waals surface area contributed by atoms with Crippen LogP contribution in [0.5, 0.6) is 11.8 Å². The Bertz CT molecular complexity index is 981. The van der Waals surface area contributed by atoms with E-state index >= 15 is 0 Å². The van der Waals surface area contributed by atoms with E-state index in [1.807, 2.05) is 55.6 Å². The molecule has 2 heterocycles. The van der Waals surface area contributed by atoms with Gasteiger partial charge in [-0.05, 0) is 86.3 Å². The molecule has 0 saturated heterocycles. The molecule has 0 unspecified atom stereocenters. The van der Waals surface area contributed by atoms with Crippen LogP contribution >= 0.6 is 48.0 Å². The summed E-state index contributed by atoms with van der Waals surface area (Å²) in [5.74, 6) is 5.22. The highest BCUT2D eigenvalue weighted by atomic mass is 32.2. The van der Waals surface area contributed by atoms with Crippen LogP contribution in [0.1, 0.15) is 67.2 Å². The number of thioether (sulfide) groups is 2. The molecular weight excluding hydrogens is 529 g/mol. The van der Waals surface area contributed by atoms with E-state index in [2.05, 4.69) is 27.7 Å². The Labute approximate surface area is 236 Å². The minimum Gasteiger partial charge on any atom is -0.493 e. The number of hydrogen-bond acceptors (Lipinski definition) is 6. The van der Waals surface area contributed by atoms with Crippen LogP contribution in [0.25, 0.3) is 0 Å². The summed E-state index contributed by atoms with van der Waals surface area (Å²) in [6, 6.07) is 0. The Kier molecular flexibility index (Phi) is 12.5. The van der Waals surface area contributed by atoms with Crippen molar-refractivity contribution in [3.63, 3.8) is 0 Å². The zero-order valence-corrected chi connectivity index (χ0v) is 26.2. The maximum atomic E-state index is 10.2. The number of hydrogen-bond donors (Lipinski definition) is 2. The van der Waals surface area contributed by atoms with Crippen molar-refractivity contribution in [3.05, 3.63) is 21.9 Å². The first-order chi connectivity index (χ1) is 16.9. The van der Waals surface area contributed by atoms with Gasteiger partial charge in [-0.3, -0.25) is 9.13 Å². The van der Waals surface area contributed by atoms with E-state index in [1.54, 1.807) is 12.4 Å². The van der Waals surface area contributed by atoms with Crippen LogP contribution in [0.15, 0.2) is 12.4 Å². The van der Waals surface area contributed by atoms with E-state index in [-0.39, 0.29) is 22.6 Å². The maximum absolute atomic E-state index is 10.2. The predicted molar refractivity (Wildman–Crippen MR) is 162 cm³/mol. The van der Waals surface area contributed by atoms with Crippen LogP contribution in [0.3, 0.4) is 0 Å². The molecule has 2 aromatic rings. The van der Waals surface area contributed by atoms with E-state index in [0.717, 1.165) is 63.4 Å². The molecule has 0 aliphatic heterocycles. The second-order valence-corrected chi connectivity index (χ2v) is 14.1. The molecule has 0 spiro atoms. The van der Waals surface area contributed by atoms with Crippen molar-refractivity contribution in [2.24, 2.45) is 10.8 Å². The summed E-state index contributed by atoms with van der Waals surface area (Å²) in [5.41, 5.74) is 0.435. The first-order valence-corrected chi connectivity index (χ1v) is 16.2. The van der Waals surface area contributed by atoms with E-state index < -0.39 is 0 Å². The first-order valence-electron chi connectivity index (χ1n) is 13.0. The molecule has 0 saturated carbocycles. The minimum absolute atomic E-state index is 0.217. The minimum atomic E-state index is 0.217. The maximum Gasteiger partial charge on any atom is 0.210 e. The van der Waals surface area contributed by atoms with Gasteiger partial charge in [0, 0.05) is 37.7 Å². The van der Waals surface area contributed by atoms with Crippen LogP contribution in [0, 0.1) is 20.4 Å². The molecule has 0 amide bonds. The van der Waals surface area contributed by atoms with Gasteiger partial charge in [0.15, 0.2) is 9.54 Å². The molecule has 0 aliphatic carbocycles. The average molecular weight is 575 g/mol. The van der Waals surface area contributed by atoms with Crippen LogP contribution in [0.2, 0.25) is 0 Å². The van der Waals surface area contributed by atoms with Crippen LogP contribution in [-0.2, 0) is 26.2 Å². The van der Waals surface area contributed by atoms with E-state index in [9.17, 15) is 10.2 Å². The number of nitrogens with zero attached hydrogens (tertiary/aromatic N) is 4. The molecule has 2 rings (SSSR count). The second kappa shape index (κ2) is 14.4. The second-order valence-electron chi connectivity index (χ2n) is 11.0. The number of imidazole rings is 2. The van der Waals surface area contributed by atoms with E-state index in [0.29, 0.717) is 9.54 Å². The third-order valence-corrected chi connectivity index (χ3v) is 10.1. The number of aromatic nitrogens is 4. The summed E-state index contributed by atoms with van der Waals surface area (Å²) in [7, 11) is 0. The fourth-order valence-electron chi connectivity index (χ4n) is 4.01. The molecule has 0 atom stereocenters. The SMILES string of the molecule is CCn1cc(O)n(CCC(C)(C)CCSCCSCCC(C)(C)CCn2c(O)cn(CC)c2=S)c1=S. The first kappa shape index (κ1) is 31.4. The lowest BCUT2D eigenvalue weighted by atomic mass is 9.86. The van der Waals surface area contributed by atoms with Crippen LogP contribution in [-0.4, -0.2) is 51.5 Å². The Balaban J connectivity index is 1.59. The molecule has 0 aromatic carbocycles. The van der Waals surface area contributed by atoms with Gasteiger partial charge in [-0.1, -0.05) is 27.7 Å². The smallest absolute Gasteiger partial charge is 0.210 e. The monoisotopic (exact) mass is 574 g/mol. The fourth-order valence-corrected chi connectivity index (χ4v) is 7.48. The topological polar surface area (TPSA) is 60.2 Å². The van der Waals surface area contributed by atoms with Gasteiger partial charge in [0.05, 0.1) is 12.4 Å².